The molecule has 2 aromatic carbocycles. The summed E-state index contributed by atoms with van der Waals surface area (Å²) in [5, 5.41) is 8.69. The molecule has 1 aliphatic carbocycles. The zero-order chi connectivity index (χ0) is 23.3. The molecule has 1 saturated carbocycles. The molecule has 0 unspecified atom stereocenters. The number of carboxylic acid groups (broad SMARTS) is 1. The number of halogens is 1. The number of nitrogens with one attached hydrogen (secondary N) is 1. The van der Waals surface area contributed by atoms with Gasteiger partial charge in [-0.25, -0.2) is 22.3 Å². The lowest BCUT2D eigenvalue weighted by Gasteiger charge is -2.29. The van der Waals surface area contributed by atoms with Crippen LogP contribution in [0.25, 0.3) is 0 Å². The van der Waals surface area contributed by atoms with Crippen LogP contribution >= 0.6 is 0 Å². The molecule has 0 aliphatic heterocycles. The highest BCUT2D eigenvalue weighted by atomic mass is 32.2. The Morgan fingerprint density at radius 2 is 1.72 bits per heavy atom. The normalized spacial score (nSPS) is 18.7. The standard InChI is InChI=1S/C22H26FNO7S/c1-29-15-5-3-14(4-6-15)13-24-32(27,28)17-9-7-16(8-10-17)31-21-11-18(22(25)26)20(30-2)12-19(21)23/h3-6,11-12,16-17,24H,7-10,13H2,1-2H3,(H,25,26). The molecule has 0 bridgehead atoms. The molecule has 0 spiro atoms. The molecule has 10 heteroatoms. The van der Waals surface area contributed by atoms with Crippen LogP contribution in [0, 0.1) is 5.82 Å². The molecule has 0 heterocycles. The first-order valence-electron chi connectivity index (χ1n) is 10.1. The first kappa shape index (κ1) is 23.8. The molecule has 0 aromatic heterocycles. The van der Waals surface area contributed by atoms with E-state index in [1.807, 2.05) is 0 Å². The Balaban J connectivity index is 1.57. The summed E-state index contributed by atoms with van der Waals surface area (Å²) in [6.45, 7) is 0.178. The van der Waals surface area contributed by atoms with Crippen molar-refractivity contribution in [2.75, 3.05) is 14.2 Å². The number of methoxy groups -OCH3 is 2. The third kappa shape index (κ3) is 5.68. The molecule has 0 saturated heterocycles. The number of carbonyl (C=O) groups is 1. The quantitative estimate of drug-likeness (QED) is 0.582. The maximum Gasteiger partial charge on any atom is 0.339 e. The smallest absolute Gasteiger partial charge is 0.339 e. The van der Waals surface area contributed by atoms with Crippen molar-refractivity contribution in [3.8, 4) is 17.2 Å². The minimum atomic E-state index is -3.53. The summed E-state index contributed by atoms with van der Waals surface area (Å²) in [5.41, 5.74) is 0.610. The highest BCUT2D eigenvalue weighted by Crippen LogP contribution is 2.32. The van der Waals surface area contributed by atoms with Gasteiger partial charge in [-0.1, -0.05) is 12.1 Å². The summed E-state index contributed by atoms with van der Waals surface area (Å²) < 4.78 is 57.9. The van der Waals surface area contributed by atoms with Crippen molar-refractivity contribution >= 4 is 16.0 Å². The molecule has 32 heavy (non-hydrogen) atoms. The molecule has 0 radical (unpaired) electrons. The Bertz CT molecular complexity index is 1050. The Kier molecular flexibility index (Phi) is 7.57. The van der Waals surface area contributed by atoms with Gasteiger partial charge in [-0.15, -0.1) is 0 Å². The topological polar surface area (TPSA) is 111 Å². The van der Waals surface area contributed by atoms with E-state index in [9.17, 15) is 22.7 Å². The van der Waals surface area contributed by atoms with E-state index in [1.165, 1.54) is 7.11 Å². The maximum absolute atomic E-state index is 14.3. The van der Waals surface area contributed by atoms with Gasteiger partial charge in [0.05, 0.1) is 25.6 Å². The molecular weight excluding hydrogens is 441 g/mol. The van der Waals surface area contributed by atoms with Crippen molar-refractivity contribution in [3.05, 3.63) is 53.3 Å². The third-order valence-electron chi connectivity index (χ3n) is 5.47. The van der Waals surface area contributed by atoms with Crippen LogP contribution in [0.4, 0.5) is 4.39 Å². The fourth-order valence-corrected chi connectivity index (χ4v) is 5.14. The molecule has 2 N–H and O–H groups in total. The second-order valence-electron chi connectivity index (χ2n) is 7.52. The van der Waals surface area contributed by atoms with Gasteiger partial charge in [-0.3, -0.25) is 0 Å². The van der Waals surface area contributed by atoms with E-state index in [1.54, 1.807) is 31.4 Å². The van der Waals surface area contributed by atoms with Crippen LogP contribution in [-0.4, -0.2) is 45.1 Å². The summed E-state index contributed by atoms with van der Waals surface area (Å²) in [7, 11) is -0.716. The Morgan fingerprint density at radius 3 is 2.28 bits per heavy atom. The molecular formula is C22H26FNO7S. The number of aromatic carboxylic acids is 1. The Morgan fingerprint density at radius 1 is 1.06 bits per heavy atom. The van der Waals surface area contributed by atoms with E-state index < -0.39 is 33.2 Å². The first-order valence-corrected chi connectivity index (χ1v) is 11.7. The van der Waals surface area contributed by atoms with Crippen LogP contribution in [0.3, 0.4) is 0 Å². The molecule has 3 rings (SSSR count). The summed E-state index contributed by atoms with van der Waals surface area (Å²) in [6, 6.07) is 9.18. The number of carboxylic acids is 1. The fourth-order valence-electron chi connectivity index (χ4n) is 3.65. The third-order valence-corrected chi connectivity index (χ3v) is 7.37. The minimum absolute atomic E-state index is 0.0971. The number of hydrogen-bond acceptors (Lipinski definition) is 6. The zero-order valence-corrected chi connectivity index (χ0v) is 18.7. The van der Waals surface area contributed by atoms with E-state index in [0.29, 0.717) is 31.4 Å². The summed E-state index contributed by atoms with van der Waals surface area (Å²) in [4.78, 5) is 11.3. The van der Waals surface area contributed by atoms with Gasteiger partial charge in [0.25, 0.3) is 0 Å². The van der Waals surface area contributed by atoms with Crippen LogP contribution < -0.4 is 18.9 Å². The molecule has 1 aliphatic rings. The van der Waals surface area contributed by atoms with Gasteiger partial charge in [0.2, 0.25) is 10.0 Å². The predicted molar refractivity (Wildman–Crippen MR) is 115 cm³/mol. The summed E-state index contributed by atoms with van der Waals surface area (Å²) in [5.74, 6) is -1.59. The number of rotatable bonds is 9. The van der Waals surface area contributed by atoms with Gasteiger partial charge in [0, 0.05) is 18.7 Å². The maximum atomic E-state index is 14.3. The Hall–Kier alpha value is -2.85. The lowest BCUT2D eigenvalue weighted by molar-refractivity contribution is 0.0691. The number of benzene rings is 2. The molecule has 2 aromatic rings. The summed E-state index contributed by atoms with van der Waals surface area (Å²) >= 11 is 0. The van der Waals surface area contributed by atoms with Crippen molar-refractivity contribution < 1.29 is 36.9 Å². The van der Waals surface area contributed by atoms with Crippen molar-refractivity contribution in [2.24, 2.45) is 0 Å². The van der Waals surface area contributed by atoms with Crippen molar-refractivity contribution in [1.29, 1.82) is 0 Å². The first-order chi connectivity index (χ1) is 15.2. The molecule has 0 amide bonds. The highest BCUT2D eigenvalue weighted by molar-refractivity contribution is 7.90. The molecule has 8 nitrogen and oxygen atoms in total. The van der Waals surface area contributed by atoms with Crippen molar-refractivity contribution in [3.63, 3.8) is 0 Å². The summed E-state index contributed by atoms with van der Waals surface area (Å²) in [6.07, 6.45) is 1.11. The van der Waals surface area contributed by atoms with Gasteiger partial charge in [-0.2, -0.15) is 0 Å². The Labute approximate surface area is 186 Å². The number of hydrogen-bond donors (Lipinski definition) is 2. The van der Waals surface area contributed by atoms with Gasteiger partial charge >= 0.3 is 5.97 Å². The van der Waals surface area contributed by atoms with Gasteiger partial charge in [-0.05, 0) is 43.4 Å². The van der Waals surface area contributed by atoms with E-state index in [-0.39, 0.29) is 23.6 Å². The number of sulfonamides is 1. The molecule has 0 atom stereocenters. The van der Waals surface area contributed by atoms with E-state index in [0.717, 1.165) is 17.7 Å². The average Bonchev–Trinajstić information content (AvgIpc) is 2.79. The van der Waals surface area contributed by atoms with Gasteiger partial charge in [0.15, 0.2) is 11.6 Å². The second kappa shape index (κ2) is 10.2. The van der Waals surface area contributed by atoms with Gasteiger partial charge in [0.1, 0.15) is 17.1 Å². The van der Waals surface area contributed by atoms with Crippen LogP contribution in [0.5, 0.6) is 17.2 Å². The average molecular weight is 468 g/mol. The minimum Gasteiger partial charge on any atom is -0.497 e. The second-order valence-corrected chi connectivity index (χ2v) is 9.56. The SMILES string of the molecule is COc1ccc(CNS(=O)(=O)C2CCC(Oc3cc(C(=O)O)c(OC)cc3F)CC2)cc1. The van der Waals surface area contributed by atoms with E-state index in [2.05, 4.69) is 4.72 Å². The zero-order valence-electron chi connectivity index (χ0n) is 17.8. The molecule has 174 valence electrons. The van der Waals surface area contributed by atoms with Crippen LogP contribution in [0.1, 0.15) is 41.6 Å². The monoisotopic (exact) mass is 467 g/mol. The lowest BCUT2D eigenvalue weighted by atomic mass is 9.97. The van der Waals surface area contributed by atoms with Crippen LogP contribution in [-0.2, 0) is 16.6 Å². The fraction of sp³-hybridized carbons (Fsp3) is 0.409. The van der Waals surface area contributed by atoms with Gasteiger partial charge < -0.3 is 19.3 Å². The van der Waals surface area contributed by atoms with Crippen molar-refractivity contribution in [1.82, 2.24) is 4.72 Å². The lowest BCUT2D eigenvalue weighted by Crippen LogP contribution is -2.38. The largest absolute Gasteiger partial charge is 0.497 e. The van der Waals surface area contributed by atoms with Crippen molar-refractivity contribution in [2.45, 2.75) is 43.6 Å². The van der Waals surface area contributed by atoms with E-state index in [4.69, 9.17) is 14.2 Å². The van der Waals surface area contributed by atoms with Crippen LogP contribution in [0.15, 0.2) is 36.4 Å². The number of ether oxygens (including phenoxy) is 3. The van der Waals surface area contributed by atoms with Crippen LogP contribution in [0.2, 0.25) is 0 Å². The predicted octanol–water partition coefficient (Wildman–Crippen LogP) is 3.35. The molecule has 1 fully saturated rings. The highest BCUT2D eigenvalue weighted by Gasteiger charge is 2.32. The van der Waals surface area contributed by atoms with E-state index >= 15 is 0 Å².